The van der Waals surface area contributed by atoms with Gasteiger partial charge in [-0.1, -0.05) is 23.2 Å². The highest BCUT2D eigenvalue weighted by atomic mass is 35.5. The molecule has 0 bridgehead atoms. The Bertz CT molecular complexity index is 533. The molecule has 23 heavy (non-hydrogen) atoms. The van der Waals surface area contributed by atoms with Crippen molar-refractivity contribution < 1.29 is 14.7 Å². The van der Waals surface area contributed by atoms with Gasteiger partial charge in [0.1, 0.15) is 6.04 Å². The van der Waals surface area contributed by atoms with E-state index < -0.39 is 17.9 Å². The van der Waals surface area contributed by atoms with E-state index in [2.05, 4.69) is 10.6 Å². The van der Waals surface area contributed by atoms with Crippen LogP contribution in [0.15, 0.2) is 18.2 Å². The van der Waals surface area contributed by atoms with E-state index in [-0.39, 0.29) is 6.42 Å². The molecule has 1 atom stereocenters. The van der Waals surface area contributed by atoms with Crippen LogP contribution in [0.1, 0.15) is 12.8 Å². The minimum atomic E-state index is -1.06. The van der Waals surface area contributed by atoms with Crippen molar-refractivity contribution in [2.45, 2.75) is 18.9 Å². The molecule has 0 aromatic heterocycles. The van der Waals surface area contributed by atoms with E-state index >= 15 is 0 Å². The number of hydrogen-bond acceptors (Lipinski definition) is 4. The number of carbonyl (C=O) groups excluding carboxylic acids is 1. The molecule has 8 heteroatoms. The summed E-state index contributed by atoms with van der Waals surface area (Å²) in [5, 5.41) is 15.4. The number of anilines is 1. The Labute approximate surface area is 145 Å². The molecule has 0 aliphatic heterocycles. The summed E-state index contributed by atoms with van der Waals surface area (Å²) in [4.78, 5) is 25.2. The fourth-order valence-electron chi connectivity index (χ4n) is 1.94. The Kier molecular flexibility index (Phi) is 8.33. The van der Waals surface area contributed by atoms with Gasteiger partial charge in [0.25, 0.3) is 0 Å². The number of amides is 1. The van der Waals surface area contributed by atoms with Crippen molar-refractivity contribution in [3.8, 4) is 0 Å². The standard InChI is InChI=1S/C15H21Cl2N3O3/c1-20(2)5-3-4-18-13(15(22)23)9-14(21)19-12-7-10(16)6-11(17)8-12/h6-8,13,18H,3-5,9H2,1-2H3,(H,19,21)(H,22,23). The molecule has 0 saturated carbocycles. The van der Waals surface area contributed by atoms with E-state index in [1.54, 1.807) is 18.2 Å². The van der Waals surface area contributed by atoms with E-state index in [1.165, 1.54) is 0 Å². The summed E-state index contributed by atoms with van der Waals surface area (Å²) < 4.78 is 0. The van der Waals surface area contributed by atoms with Crippen molar-refractivity contribution >= 4 is 40.8 Å². The Balaban J connectivity index is 2.52. The van der Waals surface area contributed by atoms with Gasteiger partial charge >= 0.3 is 5.97 Å². The van der Waals surface area contributed by atoms with Crippen LogP contribution < -0.4 is 10.6 Å². The van der Waals surface area contributed by atoms with Gasteiger partial charge in [0.2, 0.25) is 5.91 Å². The molecule has 0 heterocycles. The molecule has 1 unspecified atom stereocenters. The van der Waals surface area contributed by atoms with Crippen molar-refractivity contribution in [2.75, 3.05) is 32.5 Å². The first-order valence-electron chi connectivity index (χ1n) is 7.15. The molecule has 1 rings (SSSR count). The molecule has 3 N–H and O–H groups in total. The van der Waals surface area contributed by atoms with Gasteiger partial charge in [0.15, 0.2) is 0 Å². The first-order chi connectivity index (χ1) is 10.8. The molecule has 0 radical (unpaired) electrons. The summed E-state index contributed by atoms with van der Waals surface area (Å²) in [6.45, 7) is 1.36. The van der Waals surface area contributed by atoms with E-state index in [1.807, 2.05) is 19.0 Å². The third kappa shape index (κ3) is 8.18. The normalized spacial score (nSPS) is 12.2. The van der Waals surface area contributed by atoms with Crippen LogP contribution in [0.3, 0.4) is 0 Å². The second-order valence-corrected chi connectivity index (χ2v) is 6.29. The summed E-state index contributed by atoms with van der Waals surface area (Å²) in [6, 6.07) is 3.70. The van der Waals surface area contributed by atoms with Crippen LogP contribution in [0.25, 0.3) is 0 Å². The summed E-state index contributed by atoms with van der Waals surface area (Å²) in [6.07, 6.45) is 0.615. The fraction of sp³-hybridized carbons (Fsp3) is 0.467. The summed E-state index contributed by atoms with van der Waals surface area (Å²) in [5.74, 6) is -1.48. The first-order valence-corrected chi connectivity index (χ1v) is 7.90. The van der Waals surface area contributed by atoms with Crippen molar-refractivity contribution in [1.82, 2.24) is 10.2 Å². The number of carboxylic acids is 1. The molecule has 1 aromatic carbocycles. The molecular weight excluding hydrogens is 341 g/mol. The van der Waals surface area contributed by atoms with Crippen LogP contribution >= 0.6 is 23.2 Å². The number of hydrogen-bond donors (Lipinski definition) is 3. The van der Waals surface area contributed by atoms with E-state index in [4.69, 9.17) is 23.2 Å². The van der Waals surface area contributed by atoms with E-state index in [9.17, 15) is 14.7 Å². The zero-order chi connectivity index (χ0) is 17.4. The van der Waals surface area contributed by atoms with Gasteiger partial charge in [0.05, 0.1) is 6.42 Å². The van der Waals surface area contributed by atoms with Crippen LogP contribution in [0.5, 0.6) is 0 Å². The summed E-state index contributed by atoms with van der Waals surface area (Å²) in [5.41, 5.74) is 0.434. The predicted octanol–water partition coefficient (Wildman–Crippen LogP) is 2.32. The van der Waals surface area contributed by atoms with Crippen molar-refractivity contribution in [3.05, 3.63) is 28.2 Å². The number of benzene rings is 1. The molecule has 0 aliphatic rings. The van der Waals surface area contributed by atoms with Gasteiger partial charge in [-0.15, -0.1) is 0 Å². The molecule has 0 fully saturated rings. The second kappa shape index (κ2) is 9.72. The SMILES string of the molecule is CN(C)CCCNC(CC(=O)Nc1cc(Cl)cc(Cl)c1)C(=O)O. The predicted molar refractivity (Wildman–Crippen MR) is 92.3 cm³/mol. The lowest BCUT2D eigenvalue weighted by Gasteiger charge is -2.15. The van der Waals surface area contributed by atoms with E-state index in [0.717, 1.165) is 13.0 Å². The zero-order valence-corrected chi connectivity index (χ0v) is 14.6. The number of nitrogens with zero attached hydrogens (tertiary/aromatic N) is 1. The quantitative estimate of drug-likeness (QED) is 0.588. The topological polar surface area (TPSA) is 81.7 Å². The highest BCUT2D eigenvalue weighted by molar-refractivity contribution is 6.35. The second-order valence-electron chi connectivity index (χ2n) is 5.41. The summed E-state index contributed by atoms with van der Waals surface area (Å²) >= 11 is 11.7. The van der Waals surface area contributed by atoms with Gasteiger partial charge in [-0.25, -0.2) is 0 Å². The molecule has 0 aliphatic carbocycles. The third-order valence-electron chi connectivity index (χ3n) is 3.01. The highest BCUT2D eigenvalue weighted by Crippen LogP contribution is 2.22. The van der Waals surface area contributed by atoms with E-state index in [0.29, 0.717) is 22.3 Å². The van der Waals surface area contributed by atoms with Gasteiger partial charge < -0.3 is 20.6 Å². The molecule has 1 aromatic rings. The number of rotatable bonds is 9. The van der Waals surface area contributed by atoms with Crippen LogP contribution in [0, 0.1) is 0 Å². The molecule has 1 amide bonds. The lowest BCUT2D eigenvalue weighted by molar-refractivity contribution is -0.141. The van der Waals surface area contributed by atoms with Gasteiger partial charge in [-0.05, 0) is 51.8 Å². The Hall–Kier alpha value is -1.34. The minimum absolute atomic E-state index is 0.179. The monoisotopic (exact) mass is 361 g/mol. The van der Waals surface area contributed by atoms with Crippen molar-refractivity contribution in [1.29, 1.82) is 0 Å². The number of halogens is 2. The minimum Gasteiger partial charge on any atom is -0.480 e. The Morgan fingerprint density at radius 3 is 2.35 bits per heavy atom. The smallest absolute Gasteiger partial charge is 0.321 e. The fourth-order valence-corrected chi connectivity index (χ4v) is 2.47. The zero-order valence-electron chi connectivity index (χ0n) is 13.1. The molecule has 0 saturated heterocycles. The van der Waals surface area contributed by atoms with Gasteiger partial charge in [-0.2, -0.15) is 0 Å². The first kappa shape index (κ1) is 19.7. The van der Waals surface area contributed by atoms with Crippen LogP contribution in [0.4, 0.5) is 5.69 Å². The third-order valence-corrected chi connectivity index (χ3v) is 3.44. The van der Waals surface area contributed by atoms with Gasteiger partial charge in [-0.3, -0.25) is 9.59 Å². The number of nitrogens with one attached hydrogen (secondary N) is 2. The molecule has 6 nitrogen and oxygen atoms in total. The summed E-state index contributed by atoms with van der Waals surface area (Å²) in [7, 11) is 3.89. The van der Waals surface area contributed by atoms with Crippen molar-refractivity contribution in [3.63, 3.8) is 0 Å². The highest BCUT2D eigenvalue weighted by Gasteiger charge is 2.20. The lowest BCUT2D eigenvalue weighted by Crippen LogP contribution is -2.40. The van der Waals surface area contributed by atoms with Crippen LogP contribution in [-0.4, -0.2) is 55.1 Å². The molecular formula is C15H21Cl2N3O3. The molecule has 0 spiro atoms. The average molecular weight is 362 g/mol. The maximum absolute atomic E-state index is 12.0. The van der Waals surface area contributed by atoms with Crippen LogP contribution in [-0.2, 0) is 9.59 Å². The molecule has 128 valence electrons. The number of carbonyl (C=O) groups is 2. The Morgan fingerprint density at radius 2 is 1.83 bits per heavy atom. The maximum Gasteiger partial charge on any atom is 0.321 e. The number of aliphatic carboxylic acids is 1. The van der Waals surface area contributed by atoms with Gasteiger partial charge in [0, 0.05) is 15.7 Å². The average Bonchev–Trinajstić information content (AvgIpc) is 2.40. The lowest BCUT2D eigenvalue weighted by atomic mass is 10.2. The number of carboxylic acid groups (broad SMARTS) is 1. The maximum atomic E-state index is 12.0. The van der Waals surface area contributed by atoms with Crippen LogP contribution in [0.2, 0.25) is 10.0 Å². The van der Waals surface area contributed by atoms with Crippen molar-refractivity contribution in [2.24, 2.45) is 0 Å². The largest absolute Gasteiger partial charge is 0.480 e. The Morgan fingerprint density at radius 1 is 1.22 bits per heavy atom.